The van der Waals surface area contributed by atoms with Gasteiger partial charge in [-0.3, -0.25) is 24.0 Å². The van der Waals surface area contributed by atoms with Crippen LogP contribution in [0.5, 0.6) is 5.88 Å². The van der Waals surface area contributed by atoms with Gasteiger partial charge in [0, 0.05) is 45.2 Å². The van der Waals surface area contributed by atoms with Gasteiger partial charge in [-0.1, -0.05) is 18.2 Å². The molecule has 2 atom stereocenters. The van der Waals surface area contributed by atoms with Crippen LogP contribution in [0.25, 0.3) is 5.69 Å². The van der Waals surface area contributed by atoms with Crippen LogP contribution >= 0.6 is 0 Å². The number of hydrogen-bond donors (Lipinski definition) is 2. The highest BCUT2D eigenvalue weighted by molar-refractivity contribution is 5.96. The van der Waals surface area contributed by atoms with Gasteiger partial charge in [0.2, 0.25) is 17.7 Å². The van der Waals surface area contributed by atoms with Crippen LogP contribution in [0, 0.1) is 0 Å². The minimum atomic E-state index is -1.19. The number of para-hydroxylation sites is 1. The second-order valence-corrected chi connectivity index (χ2v) is 12.5. The summed E-state index contributed by atoms with van der Waals surface area (Å²) >= 11 is 0. The number of carbonyl (C=O) groups excluding carboxylic acids is 5. The first kappa shape index (κ1) is 37.1. The number of aliphatic carboxylic acids is 1. The lowest BCUT2D eigenvalue weighted by atomic mass is 10.1. The molecule has 17 nitrogen and oxygen atoms in total. The molecule has 2 aromatic rings. The van der Waals surface area contributed by atoms with Gasteiger partial charge in [-0.05, 0) is 57.6 Å². The van der Waals surface area contributed by atoms with Gasteiger partial charge in [-0.15, -0.1) is 5.06 Å². The van der Waals surface area contributed by atoms with Crippen LogP contribution in [0.3, 0.4) is 0 Å². The number of carboxylic acids is 1. The fourth-order valence-corrected chi connectivity index (χ4v) is 6.42. The standard InChI is InChI=1S/C34H45N7O10/c1-2-49-34(48)51-39-20-18-38(19-21-39)32(46)25(13-14-30(43)44)35-31(45)26-22-29(41(36-26)24-10-5-3-6-11-24)50-23-28(42)40-17-9-12-27(40)33(47)37-15-7-4-8-16-37/h3,5-6,10-11,22,25,27H,2,4,7-9,12-21,23H2,1H3,(H,35,45)(H,43,44)/t25-,27-/m0/s1. The average molecular weight is 712 g/mol. The predicted octanol–water partition coefficient (Wildman–Crippen LogP) is 1.45. The Morgan fingerprint density at radius 1 is 0.922 bits per heavy atom. The van der Waals surface area contributed by atoms with Gasteiger partial charge in [0.25, 0.3) is 11.8 Å². The fourth-order valence-electron chi connectivity index (χ4n) is 6.42. The number of ether oxygens (including phenoxy) is 2. The van der Waals surface area contributed by atoms with Gasteiger partial charge >= 0.3 is 12.1 Å². The summed E-state index contributed by atoms with van der Waals surface area (Å²) in [4.78, 5) is 86.8. The van der Waals surface area contributed by atoms with E-state index in [0.717, 1.165) is 19.3 Å². The van der Waals surface area contributed by atoms with E-state index in [1.807, 2.05) is 4.90 Å². The van der Waals surface area contributed by atoms with Gasteiger partial charge in [0.15, 0.2) is 12.3 Å². The van der Waals surface area contributed by atoms with Crippen molar-refractivity contribution in [1.29, 1.82) is 0 Å². The molecule has 0 spiro atoms. The number of aromatic nitrogens is 2. The molecule has 1 aromatic carbocycles. The normalized spacial score (nSPS) is 18.5. The first-order valence-corrected chi connectivity index (χ1v) is 17.4. The van der Waals surface area contributed by atoms with E-state index < -0.39 is 42.6 Å². The molecule has 5 rings (SSSR count). The van der Waals surface area contributed by atoms with Gasteiger partial charge in [-0.25, -0.2) is 9.48 Å². The highest BCUT2D eigenvalue weighted by Gasteiger charge is 2.37. The lowest BCUT2D eigenvalue weighted by Gasteiger charge is -2.35. The molecule has 17 heteroatoms. The zero-order valence-corrected chi connectivity index (χ0v) is 28.7. The van der Waals surface area contributed by atoms with Crippen molar-refractivity contribution < 1.29 is 48.2 Å². The average Bonchev–Trinajstić information content (AvgIpc) is 3.81. The highest BCUT2D eigenvalue weighted by Crippen LogP contribution is 2.24. The van der Waals surface area contributed by atoms with Crippen LogP contribution in [-0.2, 0) is 28.8 Å². The molecule has 0 bridgehead atoms. The van der Waals surface area contributed by atoms with Crippen molar-refractivity contribution >= 4 is 35.8 Å². The van der Waals surface area contributed by atoms with Crippen molar-refractivity contribution in [2.45, 2.75) is 64.0 Å². The van der Waals surface area contributed by atoms with E-state index in [2.05, 4.69) is 10.4 Å². The number of piperidine rings is 1. The second-order valence-electron chi connectivity index (χ2n) is 12.5. The quantitative estimate of drug-likeness (QED) is 0.285. The molecule has 0 radical (unpaired) electrons. The molecule has 3 fully saturated rings. The van der Waals surface area contributed by atoms with Crippen LogP contribution in [0.15, 0.2) is 36.4 Å². The van der Waals surface area contributed by atoms with Crippen LogP contribution in [0.4, 0.5) is 4.79 Å². The maximum Gasteiger partial charge on any atom is 0.527 e. The van der Waals surface area contributed by atoms with Gasteiger partial charge < -0.3 is 39.4 Å². The van der Waals surface area contributed by atoms with E-state index >= 15 is 0 Å². The summed E-state index contributed by atoms with van der Waals surface area (Å²) in [5, 5.41) is 17.8. The van der Waals surface area contributed by atoms with E-state index in [-0.39, 0.29) is 69.0 Å². The number of piperazine rings is 1. The van der Waals surface area contributed by atoms with E-state index in [0.29, 0.717) is 38.2 Å². The number of hydrogen-bond acceptors (Lipinski definition) is 11. The van der Waals surface area contributed by atoms with Crippen LogP contribution in [0.1, 0.15) is 62.4 Å². The second kappa shape index (κ2) is 17.6. The lowest BCUT2D eigenvalue weighted by molar-refractivity contribution is -0.157. The zero-order valence-electron chi connectivity index (χ0n) is 28.7. The smallest absolute Gasteiger partial charge is 0.481 e. The van der Waals surface area contributed by atoms with Gasteiger partial charge in [0.05, 0.1) is 25.4 Å². The van der Waals surface area contributed by atoms with Gasteiger partial charge in [0.1, 0.15) is 12.1 Å². The number of amides is 4. The monoisotopic (exact) mass is 711 g/mol. The molecular formula is C34H45N7O10. The summed E-state index contributed by atoms with van der Waals surface area (Å²) in [6.45, 7) is 3.94. The van der Waals surface area contributed by atoms with Crippen molar-refractivity contribution in [2.24, 2.45) is 0 Å². The number of hydroxylamine groups is 2. The number of nitrogens with one attached hydrogen (secondary N) is 1. The Labute approximate surface area is 295 Å². The summed E-state index contributed by atoms with van der Waals surface area (Å²) in [7, 11) is 0. The van der Waals surface area contributed by atoms with Crippen molar-refractivity contribution in [3.63, 3.8) is 0 Å². The molecule has 51 heavy (non-hydrogen) atoms. The van der Waals surface area contributed by atoms with Gasteiger partial charge in [-0.2, -0.15) is 5.10 Å². The third-order valence-electron chi connectivity index (χ3n) is 9.05. The number of nitrogens with zero attached hydrogens (tertiary/aromatic N) is 6. The Bertz CT molecular complexity index is 1550. The number of carbonyl (C=O) groups is 6. The fraction of sp³-hybridized carbons (Fsp3) is 0.559. The van der Waals surface area contributed by atoms with Crippen molar-refractivity contribution in [3.05, 3.63) is 42.1 Å². The molecule has 3 saturated heterocycles. The number of likely N-dealkylation sites (tertiary alicyclic amines) is 2. The zero-order chi connectivity index (χ0) is 36.3. The molecule has 0 saturated carbocycles. The van der Waals surface area contributed by atoms with Crippen molar-refractivity contribution in [3.8, 4) is 11.6 Å². The van der Waals surface area contributed by atoms with E-state index in [9.17, 15) is 33.9 Å². The molecule has 4 heterocycles. The Hall–Kier alpha value is -5.19. The number of carboxylic acid groups (broad SMARTS) is 1. The number of benzene rings is 1. The Morgan fingerprint density at radius 3 is 2.33 bits per heavy atom. The van der Waals surface area contributed by atoms with E-state index in [1.54, 1.807) is 42.2 Å². The molecular weight excluding hydrogens is 666 g/mol. The maximum atomic E-state index is 13.6. The predicted molar refractivity (Wildman–Crippen MR) is 179 cm³/mol. The summed E-state index contributed by atoms with van der Waals surface area (Å²) < 4.78 is 12.1. The molecule has 2 N–H and O–H groups in total. The first-order valence-electron chi connectivity index (χ1n) is 17.4. The van der Waals surface area contributed by atoms with Crippen molar-refractivity contribution in [2.75, 3.05) is 59.0 Å². The summed E-state index contributed by atoms with van der Waals surface area (Å²) in [6.07, 6.45) is 2.89. The summed E-state index contributed by atoms with van der Waals surface area (Å²) in [5.74, 6) is -2.69. The summed E-state index contributed by atoms with van der Waals surface area (Å²) in [6, 6.07) is 8.44. The Kier molecular flexibility index (Phi) is 12.8. The molecule has 276 valence electrons. The molecule has 4 amide bonds. The molecule has 1 aromatic heterocycles. The van der Waals surface area contributed by atoms with Crippen LogP contribution < -0.4 is 10.1 Å². The van der Waals surface area contributed by atoms with Crippen molar-refractivity contribution in [1.82, 2.24) is 34.9 Å². The third kappa shape index (κ3) is 9.74. The number of rotatable bonds is 13. The SMILES string of the molecule is CCOC(=O)ON1CCN(C(=O)[C@H](CCC(=O)O)NC(=O)c2cc(OCC(=O)N3CCC[C@H]3C(=O)N3CCCCC3)n(-c3ccccc3)n2)CC1. The van der Waals surface area contributed by atoms with Crippen LogP contribution in [-0.4, -0.2) is 142 Å². The van der Waals surface area contributed by atoms with Crippen LogP contribution in [0.2, 0.25) is 0 Å². The lowest BCUT2D eigenvalue weighted by Crippen LogP contribution is -2.55. The first-order chi connectivity index (χ1) is 24.6. The third-order valence-corrected chi connectivity index (χ3v) is 9.05. The summed E-state index contributed by atoms with van der Waals surface area (Å²) in [5.41, 5.74) is 0.418. The molecule has 3 aliphatic heterocycles. The molecule has 0 aliphatic carbocycles. The topological polar surface area (TPSA) is 193 Å². The van der Waals surface area contributed by atoms with E-state index in [1.165, 1.54) is 20.7 Å². The Balaban J connectivity index is 1.27. The molecule has 3 aliphatic rings. The molecule has 0 unspecified atom stereocenters. The van der Waals surface area contributed by atoms with E-state index in [4.69, 9.17) is 14.3 Å². The maximum absolute atomic E-state index is 13.6. The largest absolute Gasteiger partial charge is 0.527 e. The highest BCUT2D eigenvalue weighted by atomic mass is 16.8. The Morgan fingerprint density at radius 2 is 1.65 bits per heavy atom. The minimum Gasteiger partial charge on any atom is -0.481 e. The minimum absolute atomic E-state index is 0.0345.